The Kier molecular flexibility index (Phi) is 5.43. The second-order valence-corrected chi connectivity index (χ2v) is 6.95. The lowest BCUT2D eigenvalue weighted by Gasteiger charge is -2.27. The number of carbonyl (C=O) groups excluding carboxylic acids is 2. The van der Waals surface area contributed by atoms with Crippen LogP contribution in [0.5, 0.6) is 0 Å². The third-order valence-electron chi connectivity index (χ3n) is 3.84. The predicted molar refractivity (Wildman–Crippen MR) is 97.9 cm³/mol. The lowest BCUT2D eigenvalue weighted by Crippen LogP contribution is -2.37. The smallest absolute Gasteiger partial charge is 0.276 e. The number of hydrogen-bond acceptors (Lipinski definition) is 8. The molecular weight excluding hydrogens is 356 g/mol. The molecule has 9 nitrogen and oxygen atoms in total. The maximum Gasteiger partial charge on any atom is 0.276 e. The Morgan fingerprint density at radius 3 is 2.69 bits per heavy atom. The van der Waals surface area contributed by atoms with Crippen molar-refractivity contribution in [1.29, 1.82) is 0 Å². The van der Waals surface area contributed by atoms with Gasteiger partial charge in [-0.3, -0.25) is 14.9 Å². The number of aromatic nitrogens is 3. The van der Waals surface area contributed by atoms with Gasteiger partial charge in [0.1, 0.15) is 22.7 Å². The molecule has 0 saturated carbocycles. The molecule has 1 aliphatic rings. The largest absolute Gasteiger partial charge is 0.378 e. The van der Waals surface area contributed by atoms with Crippen LogP contribution in [0.15, 0.2) is 12.4 Å². The second-order valence-electron chi connectivity index (χ2n) is 5.95. The van der Waals surface area contributed by atoms with Crippen LogP contribution in [0.4, 0.5) is 10.9 Å². The molecule has 138 valence electrons. The molecule has 3 rings (SSSR count). The van der Waals surface area contributed by atoms with Gasteiger partial charge in [0.2, 0.25) is 0 Å². The summed E-state index contributed by atoms with van der Waals surface area (Å²) in [6, 6.07) is 1.65. The molecule has 0 spiro atoms. The van der Waals surface area contributed by atoms with Crippen LogP contribution in [0, 0.1) is 6.92 Å². The van der Waals surface area contributed by atoms with Gasteiger partial charge in [0.05, 0.1) is 18.9 Å². The van der Waals surface area contributed by atoms with Crippen molar-refractivity contribution in [2.75, 3.05) is 50.6 Å². The average Bonchev–Trinajstić information content (AvgIpc) is 3.01. The van der Waals surface area contributed by atoms with Crippen molar-refractivity contribution < 1.29 is 14.3 Å². The number of aryl methyl sites for hydroxylation is 1. The van der Waals surface area contributed by atoms with E-state index in [0.29, 0.717) is 34.7 Å². The lowest BCUT2D eigenvalue weighted by molar-refractivity contribution is 0.0831. The first-order valence-electron chi connectivity index (χ1n) is 8.11. The fraction of sp³-hybridized carbons (Fsp3) is 0.438. The van der Waals surface area contributed by atoms with Gasteiger partial charge in [0, 0.05) is 33.3 Å². The summed E-state index contributed by atoms with van der Waals surface area (Å²) in [7, 11) is 3.35. The molecule has 1 aliphatic heterocycles. The third kappa shape index (κ3) is 3.97. The summed E-state index contributed by atoms with van der Waals surface area (Å²) in [6.07, 6.45) is 1.37. The molecule has 1 N–H and O–H groups in total. The average molecular weight is 376 g/mol. The Bertz CT molecular complexity index is 816. The second kappa shape index (κ2) is 7.75. The lowest BCUT2D eigenvalue weighted by atomic mass is 10.3. The van der Waals surface area contributed by atoms with Crippen LogP contribution < -0.4 is 10.2 Å². The van der Waals surface area contributed by atoms with Gasteiger partial charge in [0.15, 0.2) is 5.13 Å². The first kappa shape index (κ1) is 18.2. The molecule has 2 aromatic heterocycles. The molecule has 1 saturated heterocycles. The molecule has 26 heavy (non-hydrogen) atoms. The van der Waals surface area contributed by atoms with Crippen LogP contribution in [0.2, 0.25) is 0 Å². The Morgan fingerprint density at radius 2 is 2.00 bits per heavy atom. The van der Waals surface area contributed by atoms with Crippen LogP contribution in [0.1, 0.15) is 25.9 Å². The van der Waals surface area contributed by atoms with Crippen molar-refractivity contribution in [3.8, 4) is 0 Å². The maximum absolute atomic E-state index is 12.5. The van der Waals surface area contributed by atoms with E-state index in [0.717, 1.165) is 24.4 Å². The molecule has 2 aromatic rings. The highest BCUT2D eigenvalue weighted by molar-refractivity contribution is 7.17. The molecule has 0 unspecified atom stereocenters. The SMILES string of the molecule is Cc1nc(NC(=O)c2cc(N3CCOCC3)ncn2)sc1C(=O)N(C)C. The van der Waals surface area contributed by atoms with E-state index in [1.54, 1.807) is 27.1 Å². The van der Waals surface area contributed by atoms with Gasteiger partial charge in [-0.1, -0.05) is 11.3 Å². The van der Waals surface area contributed by atoms with Gasteiger partial charge in [-0.15, -0.1) is 0 Å². The minimum absolute atomic E-state index is 0.142. The van der Waals surface area contributed by atoms with Crippen LogP contribution in [0.25, 0.3) is 0 Å². The number of rotatable bonds is 4. The van der Waals surface area contributed by atoms with E-state index < -0.39 is 0 Å². The summed E-state index contributed by atoms with van der Waals surface area (Å²) in [5.74, 6) is 0.156. The van der Waals surface area contributed by atoms with E-state index in [1.165, 1.54) is 11.2 Å². The van der Waals surface area contributed by atoms with Crippen molar-refractivity contribution in [1.82, 2.24) is 19.9 Å². The first-order chi connectivity index (χ1) is 12.5. The number of anilines is 2. The summed E-state index contributed by atoms with van der Waals surface area (Å²) in [4.78, 5) is 41.2. The van der Waals surface area contributed by atoms with Crippen molar-refractivity contribution in [3.63, 3.8) is 0 Å². The molecule has 0 aliphatic carbocycles. The number of thiazole rings is 1. The highest BCUT2D eigenvalue weighted by atomic mass is 32.1. The van der Waals surface area contributed by atoms with E-state index in [4.69, 9.17) is 4.74 Å². The standard InChI is InChI=1S/C16H20N6O3S/c1-10-13(15(24)21(2)3)26-16(19-10)20-14(23)11-8-12(18-9-17-11)22-4-6-25-7-5-22/h8-9H,4-7H2,1-3H3,(H,19,20,23). The van der Waals surface area contributed by atoms with Gasteiger partial charge < -0.3 is 14.5 Å². The number of nitrogens with one attached hydrogen (secondary N) is 1. The van der Waals surface area contributed by atoms with Crippen molar-refractivity contribution in [2.24, 2.45) is 0 Å². The predicted octanol–water partition coefficient (Wildman–Crippen LogP) is 1.03. The van der Waals surface area contributed by atoms with E-state index >= 15 is 0 Å². The van der Waals surface area contributed by atoms with Crippen molar-refractivity contribution in [3.05, 3.63) is 28.7 Å². The van der Waals surface area contributed by atoms with E-state index in [-0.39, 0.29) is 17.5 Å². The zero-order chi connectivity index (χ0) is 18.7. The first-order valence-corrected chi connectivity index (χ1v) is 8.92. The normalized spacial score (nSPS) is 14.2. The van der Waals surface area contributed by atoms with Crippen LogP contribution in [0.3, 0.4) is 0 Å². The van der Waals surface area contributed by atoms with E-state index in [9.17, 15) is 9.59 Å². The Morgan fingerprint density at radius 1 is 1.27 bits per heavy atom. The van der Waals surface area contributed by atoms with Gasteiger partial charge in [-0.2, -0.15) is 0 Å². The molecular formula is C16H20N6O3S. The van der Waals surface area contributed by atoms with Crippen molar-refractivity contribution in [2.45, 2.75) is 6.92 Å². The summed E-state index contributed by atoms with van der Waals surface area (Å²) in [6.45, 7) is 4.45. The third-order valence-corrected chi connectivity index (χ3v) is 4.90. The topological polar surface area (TPSA) is 101 Å². The van der Waals surface area contributed by atoms with Gasteiger partial charge in [0.25, 0.3) is 11.8 Å². The van der Waals surface area contributed by atoms with Crippen LogP contribution in [-0.2, 0) is 4.74 Å². The van der Waals surface area contributed by atoms with Crippen molar-refractivity contribution >= 4 is 34.1 Å². The monoisotopic (exact) mass is 376 g/mol. The van der Waals surface area contributed by atoms with Gasteiger partial charge in [-0.25, -0.2) is 15.0 Å². The zero-order valence-corrected chi connectivity index (χ0v) is 15.7. The number of hydrogen-bond donors (Lipinski definition) is 1. The number of nitrogens with zero attached hydrogens (tertiary/aromatic N) is 5. The molecule has 0 aromatic carbocycles. The number of ether oxygens (including phenoxy) is 1. The number of morpholine rings is 1. The van der Waals surface area contributed by atoms with Crippen LogP contribution >= 0.6 is 11.3 Å². The number of amides is 2. The summed E-state index contributed by atoms with van der Waals surface area (Å²) < 4.78 is 5.33. The Hall–Kier alpha value is -2.59. The Balaban J connectivity index is 1.74. The Labute approximate surface area is 155 Å². The quantitative estimate of drug-likeness (QED) is 0.850. The molecule has 3 heterocycles. The maximum atomic E-state index is 12.5. The minimum atomic E-state index is -0.389. The molecule has 0 atom stereocenters. The highest BCUT2D eigenvalue weighted by Crippen LogP contribution is 2.24. The molecule has 0 radical (unpaired) electrons. The fourth-order valence-corrected chi connectivity index (χ4v) is 3.43. The zero-order valence-electron chi connectivity index (χ0n) is 14.9. The fourth-order valence-electron chi connectivity index (χ4n) is 2.45. The molecule has 1 fully saturated rings. The summed E-state index contributed by atoms with van der Waals surface area (Å²) >= 11 is 1.15. The molecule has 2 amide bonds. The van der Waals surface area contributed by atoms with E-state index in [2.05, 4.69) is 20.3 Å². The molecule has 10 heteroatoms. The van der Waals surface area contributed by atoms with Gasteiger partial charge >= 0.3 is 0 Å². The van der Waals surface area contributed by atoms with E-state index in [1.807, 2.05) is 4.90 Å². The summed E-state index contributed by atoms with van der Waals surface area (Å²) in [5, 5.41) is 3.07. The highest BCUT2D eigenvalue weighted by Gasteiger charge is 2.20. The van der Waals surface area contributed by atoms with Crippen LogP contribution in [-0.4, -0.2) is 72.1 Å². The summed E-state index contributed by atoms with van der Waals surface area (Å²) in [5.41, 5.74) is 0.829. The molecule has 0 bridgehead atoms. The number of carbonyl (C=O) groups is 2. The van der Waals surface area contributed by atoms with Gasteiger partial charge in [-0.05, 0) is 6.92 Å². The minimum Gasteiger partial charge on any atom is -0.378 e.